The van der Waals surface area contributed by atoms with Crippen molar-refractivity contribution in [2.24, 2.45) is 5.92 Å². The molecule has 0 aromatic rings. The number of carbonyl (C=O) groups is 2. The van der Waals surface area contributed by atoms with E-state index in [0.29, 0.717) is 13.0 Å². The third-order valence-corrected chi connectivity index (χ3v) is 3.38. The van der Waals surface area contributed by atoms with Gasteiger partial charge in [0.2, 0.25) is 11.1 Å². The number of halogens is 1. The maximum atomic E-state index is 12.0. The molecule has 0 spiro atoms. The fourth-order valence-corrected chi connectivity index (χ4v) is 2.37. The van der Waals surface area contributed by atoms with Crippen LogP contribution in [0.15, 0.2) is 0 Å². The molecule has 0 radical (unpaired) electrons. The van der Waals surface area contributed by atoms with Crippen molar-refractivity contribution in [3.63, 3.8) is 0 Å². The molecule has 4 heteroatoms. The van der Waals surface area contributed by atoms with Crippen molar-refractivity contribution >= 4 is 22.8 Å². The van der Waals surface area contributed by atoms with E-state index in [0.717, 1.165) is 19.3 Å². The first-order valence-electron chi connectivity index (χ1n) is 5.61. The van der Waals surface area contributed by atoms with Gasteiger partial charge in [-0.2, -0.15) is 0 Å². The van der Waals surface area contributed by atoms with Crippen LogP contribution in [-0.4, -0.2) is 28.6 Å². The molecule has 1 heterocycles. The third-order valence-electron chi connectivity index (χ3n) is 3.13. The molecule has 0 N–H and O–H groups in total. The molecule has 1 aliphatic heterocycles. The Bertz CT molecular complexity index is 251. The highest BCUT2D eigenvalue weighted by Crippen LogP contribution is 2.23. The monoisotopic (exact) mass is 231 g/mol. The Morgan fingerprint density at radius 1 is 1.40 bits per heavy atom. The minimum Gasteiger partial charge on any atom is -0.331 e. The van der Waals surface area contributed by atoms with Crippen molar-refractivity contribution in [2.45, 2.75) is 45.6 Å². The number of amides is 1. The maximum absolute atomic E-state index is 12.0. The average molecular weight is 232 g/mol. The maximum Gasteiger partial charge on any atom is 0.244 e. The molecule has 1 atom stereocenters. The number of hydrogen-bond donors (Lipinski definition) is 0. The zero-order valence-electron chi connectivity index (χ0n) is 9.33. The quantitative estimate of drug-likeness (QED) is 0.696. The minimum atomic E-state index is -0.396. The van der Waals surface area contributed by atoms with Gasteiger partial charge in [0.25, 0.3) is 0 Å². The normalized spacial score (nSPS) is 21.1. The summed E-state index contributed by atoms with van der Waals surface area (Å²) in [6, 6.07) is -0.375. The largest absolute Gasteiger partial charge is 0.331 e. The van der Waals surface area contributed by atoms with E-state index >= 15 is 0 Å². The highest BCUT2D eigenvalue weighted by molar-refractivity contribution is 6.64. The zero-order valence-corrected chi connectivity index (χ0v) is 10.1. The van der Waals surface area contributed by atoms with E-state index < -0.39 is 5.24 Å². The van der Waals surface area contributed by atoms with E-state index in [-0.39, 0.29) is 17.9 Å². The molecule has 1 rings (SSSR count). The molecule has 15 heavy (non-hydrogen) atoms. The Labute approximate surface area is 95.8 Å². The highest BCUT2D eigenvalue weighted by atomic mass is 35.5. The topological polar surface area (TPSA) is 37.4 Å². The first kappa shape index (κ1) is 12.5. The minimum absolute atomic E-state index is 0.0432. The second kappa shape index (κ2) is 5.50. The lowest BCUT2D eigenvalue weighted by Gasteiger charge is -2.25. The highest BCUT2D eigenvalue weighted by Gasteiger charge is 2.35. The van der Waals surface area contributed by atoms with Crippen LogP contribution in [0.2, 0.25) is 0 Å². The van der Waals surface area contributed by atoms with Gasteiger partial charge in [0.1, 0.15) is 6.04 Å². The molecule has 1 fully saturated rings. The van der Waals surface area contributed by atoms with E-state index in [1.165, 1.54) is 0 Å². The number of likely N-dealkylation sites (tertiary alicyclic amines) is 1. The third kappa shape index (κ3) is 2.71. The predicted octanol–water partition coefficient (Wildman–Crippen LogP) is 2.18. The number of rotatable bonds is 4. The first-order chi connectivity index (χ1) is 7.11. The van der Waals surface area contributed by atoms with Gasteiger partial charge in [0.15, 0.2) is 0 Å². The van der Waals surface area contributed by atoms with E-state index in [9.17, 15) is 9.59 Å². The van der Waals surface area contributed by atoms with Crippen molar-refractivity contribution in [1.82, 2.24) is 4.90 Å². The summed E-state index contributed by atoms with van der Waals surface area (Å²) in [5, 5.41) is -0.396. The van der Waals surface area contributed by atoms with Gasteiger partial charge in [-0.1, -0.05) is 13.8 Å². The van der Waals surface area contributed by atoms with Crippen molar-refractivity contribution in [3.05, 3.63) is 0 Å². The fourth-order valence-electron chi connectivity index (χ4n) is 2.14. The summed E-state index contributed by atoms with van der Waals surface area (Å²) in [5.74, 6) is 0.137. The lowest BCUT2D eigenvalue weighted by Crippen LogP contribution is -2.42. The second-order valence-electron chi connectivity index (χ2n) is 4.01. The van der Waals surface area contributed by atoms with E-state index in [1.54, 1.807) is 4.90 Å². The molecular weight excluding hydrogens is 214 g/mol. The number of nitrogens with zero attached hydrogens (tertiary/aromatic N) is 1. The van der Waals surface area contributed by atoms with Crippen LogP contribution in [0.5, 0.6) is 0 Å². The summed E-state index contributed by atoms with van der Waals surface area (Å²) in [5.41, 5.74) is 0. The van der Waals surface area contributed by atoms with Gasteiger partial charge in [-0.15, -0.1) is 0 Å². The van der Waals surface area contributed by atoms with Crippen LogP contribution in [0.4, 0.5) is 0 Å². The van der Waals surface area contributed by atoms with Crippen LogP contribution in [0.3, 0.4) is 0 Å². The number of hydrogen-bond acceptors (Lipinski definition) is 2. The Morgan fingerprint density at radius 2 is 2.00 bits per heavy atom. The average Bonchev–Trinajstić information content (AvgIpc) is 2.67. The van der Waals surface area contributed by atoms with Gasteiger partial charge in [-0.25, -0.2) is 0 Å². The molecule has 0 aliphatic carbocycles. The second-order valence-corrected chi connectivity index (χ2v) is 4.38. The zero-order chi connectivity index (χ0) is 11.4. The molecule has 0 saturated carbocycles. The van der Waals surface area contributed by atoms with Crippen LogP contribution >= 0.6 is 11.6 Å². The van der Waals surface area contributed by atoms with Crippen molar-refractivity contribution in [1.29, 1.82) is 0 Å². The van der Waals surface area contributed by atoms with Crippen LogP contribution in [-0.2, 0) is 9.59 Å². The first-order valence-corrected chi connectivity index (χ1v) is 5.99. The Balaban J connectivity index is 2.69. The number of carbonyl (C=O) groups excluding carboxylic acids is 2. The molecular formula is C11H18ClNO2. The van der Waals surface area contributed by atoms with Crippen LogP contribution in [0.1, 0.15) is 39.5 Å². The lowest BCUT2D eigenvalue weighted by atomic mass is 10.0. The molecule has 1 saturated heterocycles. The van der Waals surface area contributed by atoms with Crippen molar-refractivity contribution in [3.8, 4) is 0 Å². The summed E-state index contributed by atoms with van der Waals surface area (Å²) in [4.78, 5) is 24.8. The SMILES string of the molecule is CCC(CC)C(=O)N1CCCC1C(=O)Cl. The fraction of sp³-hybridized carbons (Fsp3) is 0.818. The van der Waals surface area contributed by atoms with Gasteiger partial charge < -0.3 is 4.90 Å². The van der Waals surface area contributed by atoms with Crippen LogP contribution in [0.25, 0.3) is 0 Å². The van der Waals surface area contributed by atoms with Gasteiger partial charge in [-0.3, -0.25) is 9.59 Å². The van der Waals surface area contributed by atoms with Crippen molar-refractivity contribution < 1.29 is 9.59 Å². The van der Waals surface area contributed by atoms with E-state index in [1.807, 2.05) is 13.8 Å². The summed E-state index contributed by atoms with van der Waals surface area (Å²) in [6.07, 6.45) is 3.26. The molecule has 0 aromatic heterocycles. The van der Waals surface area contributed by atoms with Gasteiger partial charge in [0, 0.05) is 12.5 Å². The molecule has 0 bridgehead atoms. The van der Waals surface area contributed by atoms with E-state index in [2.05, 4.69) is 0 Å². The standard InChI is InChI=1S/C11H18ClNO2/c1-3-8(4-2)11(15)13-7-5-6-9(13)10(12)14/h8-9H,3-7H2,1-2H3. The summed E-state index contributed by atoms with van der Waals surface area (Å²) in [6.45, 7) is 4.68. The van der Waals surface area contributed by atoms with Gasteiger partial charge in [0.05, 0.1) is 0 Å². The van der Waals surface area contributed by atoms with Gasteiger partial charge >= 0.3 is 0 Å². The Morgan fingerprint density at radius 3 is 2.47 bits per heavy atom. The smallest absolute Gasteiger partial charge is 0.244 e. The lowest BCUT2D eigenvalue weighted by molar-refractivity contribution is -0.139. The van der Waals surface area contributed by atoms with Crippen LogP contribution < -0.4 is 0 Å². The van der Waals surface area contributed by atoms with Gasteiger partial charge in [-0.05, 0) is 37.3 Å². The van der Waals surface area contributed by atoms with Crippen molar-refractivity contribution in [2.75, 3.05) is 6.54 Å². The van der Waals surface area contributed by atoms with E-state index in [4.69, 9.17) is 11.6 Å². The summed E-state index contributed by atoms with van der Waals surface area (Å²) < 4.78 is 0. The molecule has 0 aromatic carbocycles. The molecule has 1 aliphatic rings. The predicted molar refractivity (Wildman–Crippen MR) is 59.7 cm³/mol. The Kier molecular flexibility index (Phi) is 4.58. The molecule has 1 amide bonds. The molecule has 3 nitrogen and oxygen atoms in total. The summed E-state index contributed by atoms with van der Waals surface area (Å²) in [7, 11) is 0. The summed E-state index contributed by atoms with van der Waals surface area (Å²) >= 11 is 5.48. The van der Waals surface area contributed by atoms with Crippen LogP contribution in [0, 0.1) is 5.92 Å². The molecule has 1 unspecified atom stereocenters. The Hall–Kier alpha value is -0.570. The molecule has 86 valence electrons.